The topological polar surface area (TPSA) is 21.8 Å². The van der Waals surface area contributed by atoms with Gasteiger partial charge in [-0.1, -0.05) is 31.4 Å². The predicted molar refractivity (Wildman–Crippen MR) is 53.3 cm³/mol. The first-order valence-corrected chi connectivity index (χ1v) is 4.23. The maximum absolute atomic E-state index is 5.44. The van der Waals surface area contributed by atoms with Crippen LogP contribution in [0.15, 0.2) is 49.3 Å². The molecule has 0 aromatic rings. The number of hydrogen-bond donors (Lipinski definition) is 0. The summed E-state index contributed by atoms with van der Waals surface area (Å²) in [4.78, 5) is 0. The number of allylic oxidation sites excluding steroid dienone is 5. The van der Waals surface area contributed by atoms with Gasteiger partial charge in [-0.25, -0.2) is 0 Å². The van der Waals surface area contributed by atoms with Crippen LogP contribution in [0.2, 0.25) is 0 Å². The normalized spacial score (nSPS) is 21.5. The number of hydrogen-bond acceptors (Lipinski definition) is 2. The van der Waals surface area contributed by atoms with Crippen molar-refractivity contribution in [2.45, 2.75) is 6.10 Å². The Balaban J connectivity index is 2.35. The minimum Gasteiger partial charge on any atom is -0.491 e. The zero-order valence-electron chi connectivity index (χ0n) is 7.61. The van der Waals surface area contributed by atoms with E-state index in [1.807, 2.05) is 18.2 Å². The summed E-state index contributed by atoms with van der Waals surface area (Å²) in [5.74, 6) is 0.783. The molecule has 0 amide bonds. The molecule has 0 saturated carbocycles. The Labute approximate surface area is 78.9 Å². The third-order valence-electron chi connectivity index (χ3n) is 1.52. The Morgan fingerprint density at radius 2 is 2.23 bits per heavy atom. The van der Waals surface area contributed by atoms with Crippen molar-refractivity contribution >= 4 is 0 Å². The van der Waals surface area contributed by atoms with Gasteiger partial charge in [0.15, 0.2) is 0 Å². The average Bonchev–Trinajstić information content (AvgIpc) is 2.93. The molecule has 1 aliphatic rings. The van der Waals surface area contributed by atoms with Crippen LogP contribution in [0.25, 0.3) is 0 Å². The van der Waals surface area contributed by atoms with Crippen molar-refractivity contribution in [1.82, 2.24) is 0 Å². The van der Waals surface area contributed by atoms with E-state index in [0.29, 0.717) is 6.61 Å². The fraction of sp³-hybridized carbons (Fsp3) is 0.273. The highest BCUT2D eigenvalue weighted by molar-refractivity contribution is 5.20. The van der Waals surface area contributed by atoms with Crippen LogP contribution in [0.1, 0.15) is 0 Å². The van der Waals surface area contributed by atoms with E-state index in [-0.39, 0.29) is 6.10 Å². The van der Waals surface area contributed by atoms with Gasteiger partial charge in [-0.3, -0.25) is 0 Å². The van der Waals surface area contributed by atoms with Gasteiger partial charge in [-0.2, -0.15) is 0 Å². The standard InChI is InChI=1S/C11H14O2/c1-3-5-7-10(6-4-2)12-8-11-9-13-11/h3-7,11H,1-2,8-9H2/b7-5-,10-6+. The van der Waals surface area contributed by atoms with E-state index < -0.39 is 0 Å². The lowest BCUT2D eigenvalue weighted by Crippen LogP contribution is -1.99. The van der Waals surface area contributed by atoms with E-state index in [1.54, 1.807) is 12.2 Å². The monoisotopic (exact) mass is 178 g/mol. The van der Waals surface area contributed by atoms with E-state index in [4.69, 9.17) is 9.47 Å². The molecule has 1 fully saturated rings. The Bertz CT molecular complexity index is 234. The van der Waals surface area contributed by atoms with Crippen LogP contribution in [0.4, 0.5) is 0 Å². The first-order chi connectivity index (χ1) is 6.36. The van der Waals surface area contributed by atoms with Crippen molar-refractivity contribution in [2.24, 2.45) is 0 Å². The molecule has 1 atom stereocenters. The van der Waals surface area contributed by atoms with Gasteiger partial charge in [0.25, 0.3) is 0 Å². The maximum Gasteiger partial charge on any atom is 0.119 e. The molecule has 0 aromatic carbocycles. The zero-order chi connectivity index (χ0) is 9.52. The summed E-state index contributed by atoms with van der Waals surface area (Å²) in [7, 11) is 0. The van der Waals surface area contributed by atoms with Crippen LogP contribution in [0.3, 0.4) is 0 Å². The number of ether oxygens (including phenoxy) is 2. The molecule has 0 aliphatic carbocycles. The van der Waals surface area contributed by atoms with Gasteiger partial charge in [0.1, 0.15) is 18.5 Å². The summed E-state index contributed by atoms with van der Waals surface area (Å²) < 4.78 is 10.5. The van der Waals surface area contributed by atoms with Crippen molar-refractivity contribution in [1.29, 1.82) is 0 Å². The Morgan fingerprint density at radius 3 is 2.77 bits per heavy atom. The molecule has 0 spiro atoms. The van der Waals surface area contributed by atoms with Crippen molar-refractivity contribution in [2.75, 3.05) is 13.2 Å². The predicted octanol–water partition coefficient (Wildman–Crippen LogP) is 2.21. The fourth-order valence-corrected chi connectivity index (χ4v) is 0.784. The van der Waals surface area contributed by atoms with Gasteiger partial charge in [0.2, 0.25) is 0 Å². The van der Waals surface area contributed by atoms with Gasteiger partial charge >= 0.3 is 0 Å². The highest BCUT2D eigenvalue weighted by Gasteiger charge is 2.22. The minimum atomic E-state index is 0.283. The molecular formula is C11H14O2. The second kappa shape index (κ2) is 5.38. The zero-order valence-corrected chi connectivity index (χ0v) is 7.61. The Hall–Kier alpha value is -1.28. The van der Waals surface area contributed by atoms with Crippen molar-refractivity contribution in [3.05, 3.63) is 49.3 Å². The molecule has 1 aliphatic heterocycles. The lowest BCUT2D eigenvalue weighted by atomic mass is 10.3. The quantitative estimate of drug-likeness (QED) is 0.353. The lowest BCUT2D eigenvalue weighted by Gasteiger charge is -2.03. The molecule has 70 valence electrons. The highest BCUT2D eigenvalue weighted by atomic mass is 16.6. The minimum absolute atomic E-state index is 0.283. The van der Waals surface area contributed by atoms with E-state index >= 15 is 0 Å². The fourth-order valence-electron chi connectivity index (χ4n) is 0.784. The van der Waals surface area contributed by atoms with Gasteiger partial charge in [-0.15, -0.1) is 0 Å². The van der Waals surface area contributed by atoms with Gasteiger partial charge in [0, 0.05) is 0 Å². The van der Waals surface area contributed by atoms with Gasteiger partial charge < -0.3 is 9.47 Å². The summed E-state index contributed by atoms with van der Waals surface area (Å²) >= 11 is 0. The highest BCUT2D eigenvalue weighted by Crippen LogP contribution is 2.11. The summed E-state index contributed by atoms with van der Waals surface area (Å²) in [5, 5.41) is 0. The molecule has 2 nitrogen and oxygen atoms in total. The molecule has 1 heterocycles. The largest absolute Gasteiger partial charge is 0.491 e. The third kappa shape index (κ3) is 4.33. The van der Waals surface area contributed by atoms with Gasteiger partial charge in [-0.05, 0) is 12.2 Å². The van der Waals surface area contributed by atoms with Crippen molar-refractivity contribution in [3.63, 3.8) is 0 Å². The average molecular weight is 178 g/mol. The van der Waals surface area contributed by atoms with Crippen LogP contribution < -0.4 is 0 Å². The summed E-state index contributed by atoms with van der Waals surface area (Å²) in [6.07, 6.45) is 9.15. The molecule has 0 N–H and O–H groups in total. The summed E-state index contributed by atoms with van der Waals surface area (Å²) in [5.41, 5.74) is 0. The van der Waals surface area contributed by atoms with Crippen molar-refractivity contribution < 1.29 is 9.47 Å². The first kappa shape index (κ1) is 9.81. The molecular weight excluding hydrogens is 164 g/mol. The molecule has 13 heavy (non-hydrogen) atoms. The summed E-state index contributed by atoms with van der Waals surface area (Å²) in [6.45, 7) is 8.61. The van der Waals surface area contributed by atoms with E-state index in [1.165, 1.54) is 0 Å². The molecule has 0 aromatic heterocycles. The van der Waals surface area contributed by atoms with E-state index in [9.17, 15) is 0 Å². The van der Waals surface area contributed by atoms with Crippen LogP contribution in [0.5, 0.6) is 0 Å². The Kier molecular flexibility index (Phi) is 4.06. The third-order valence-corrected chi connectivity index (χ3v) is 1.52. The van der Waals surface area contributed by atoms with Crippen molar-refractivity contribution in [3.8, 4) is 0 Å². The summed E-state index contributed by atoms with van der Waals surface area (Å²) in [6, 6.07) is 0. The molecule has 0 radical (unpaired) electrons. The van der Waals surface area contributed by atoms with E-state index in [0.717, 1.165) is 12.4 Å². The number of rotatable bonds is 6. The van der Waals surface area contributed by atoms with Gasteiger partial charge in [0.05, 0.1) is 6.61 Å². The second-order valence-electron chi connectivity index (χ2n) is 2.67. The van der Waals surface area contributed by atoms with Crippen LogP contribution >= 0.6 is 0 Å². The lowest BCUT2D eigenvalue weighted by molar-refractivity contribution is 0.193. The number of epoxide rings is 1. The Morgan fingerprint density at radius 1 is 1.46 bits per heavy atom. The van der Waals surface area contributed by atoms with Crippen LogP contribution in [0, 0.1) is 0 Å². The molecule has 1 unspecified atom stereocenters. The van der Waals surface area contributed by atoms with Crippen LogP contribution in [-0.2, 0) is 9.47 Å². The van der Waals surface area contributed by atoms with E-state index in [2.05, 4.69) is 13.2 Å². The second-order valence-corrected chi connectivity index (χ2v) is 2.67. The molecule has 0 bridgehead atoms. The maximum atomic E-state index is 5.44. The molecule has 1 saturated heterocycles. The molecule has 1 rings (SSSR count). The SMILES string of the molecule is C=C/C=C\C(=C/C=C)OCC1CO1. The first-order valence-electron chi connectivity index (χ1n) is 4.23. The van der Waals surface area contributed by atoms with Crippen LogP contribution in [-0.4, -0.2) is 19.3 Å². The smallest absolute Gasteiger partial charge is 0.119 e. The molecule has 2 heteroatoms.